The number of nitrogens with one attached hydrogen (secondary N) is 2. The summed E-state index contributed by atoms with van der Waals surface area (Å²) >= 11 is 0. The number of hydrogen-bond donors (Lipinski definition) is 2. The zero-order chi connectivity index (χ0) is 19.2. The van der Waals surface area contributed by atoms with Crippen molar-refractivity contribution in [1.82, 2.24) is 20.2 Å². The average molecular weight is 496 g/mol. The van der Waals surface area contributed by atoms with E-state index in [2.05, 4.69) is 39.0 Å². The van der Waals surface area contributed by atoms with Gasteiger partial charge in [-0.2, -0.15) is 0 Å². The van der Waals surface area contributed by atoms with Gasteiger partial charge in [0.15, 0.2) is 5.96 Å². The third-order valence-electron chi connectivity index (χ3n) is 4.53. The molecule has 0 bridgehead atoms. The number of para-hydroxylation sites is 1. The second-order valence-corrected chi connectivity index (χ2v) is 7.20. The number of carbonyl (C=O) groups excluding carboxylic acids is 1. The first kappa shape index (κ1) is 22.2. The summed E-state index contributed by atoms with van der Waals surface area (Å²) in [6.45, 7) is 6.53. The first-order valence-corrected chi connectivity index (χ1v) is 9.39. The zero-order valence-electron chi connectivity index (χ0n) is 16.6. The molecular formula is C20H29IN6O. The smallest absolute Gasteiger partial charge is 0.229 e. The van der Waals surface area contributed by atoms with E-state index in [1.54, 1.807) is 7.05 Å². The van der Waals surface area contributed by atoms with Gasteiger partial charge in [0, 0.05) is 44.6 Å². The molecule has 1 fully saturated rings. The Labute approximate surface area is 183 Å². The molecule has 1 amide bonds. The molecule has 152 valence electrons. The molecule has 2 heterocycles. The maximum atomic E-state index is 12.4. The summed E-state index contributed by atoms with van der Waals surface area (Å²) in [5.41, 5.74) is 0.936. The first-order valence-electron chi connectivity index (χ1n) is 9.39. The van der Waals surface area contributed by atoms with Crippen molar-refractivity contribution >= 4 is 41.5 Å². The molecule has 0 saturated carbocycles. The zero-order valence-corrected chi connectivity index (χ0v) is 19.0. The number of benzene rings is 1. The molecule has 7 nitrogen and oxygen atoms in total. The number of aliphatic imine (C=N–C) groups is 1. The molecular weight excluding hydrogens is 467 g/mol. The van der Waals surface area contributed by atoms with Crippen molar-refractivity contribution in [1.29, 1.82) is 0 Å². The Morgan fingerprint density at radius 1 is 1.32 bits per heavy atom. The van der Waals surface area contributed by atoms with Gasteiger partial charge in [0.05, 0.1) is 12.6 Å². The molecule has 0 radical (unpaired) electrons. The van der Waals surface area contributed by atoms with E-state index in [1.165, 1.54) is 0 Å². The van der Waals surface area contributed by atoms with Crippen LogP contribution in [0.2, 0.25) is 0 Å². The molecule has 1 aromatic carbocycles. The summed E-state index contributed by atoms with van der Waals surface area (Å²) in [5, 5.41) is 6.67. The van der Waals surface area contributed by atoms with Gasteiger partial charge >= 0.3 is 0 Å². The maximum absolute atomic E-state index is 12.4. The highest BCUT2D eigenvalue weighted by molar-refractivity contribution is 14.0. The third kappa shape index (κ3) is 5.70. The lowest BCUT2D eigenvalue weighted by atomic mass is 10.2. The van der Waals surface area contributed by atoms with Crippen LogP contribution < -0.4 is 15.5 Å². The molecule has 1 saturated heterocycles. The van der Waals surface area contributed by atoms with Crippen molar-refractivity contribution in [3.05, 3.63) is 48.5 Å². The van der Waals surface area contributed by atoms with E-state index >= 15 is 0 Å². The highest BCUT2D eigenvalue weighted by Crippen LogP contribution is 2.20. The normalized spacial score (nSPS) is 17.0. The predicted molar refractivity (Wildman–Crippen MR) is 123 cm³/mol. The van der Waals surface area contributed by atoms with Gasteiger partial charge in [-0.1, -0.05) is 32.0 Å². The Morgan fingerprint density at radius 3 is 2.75 bits per heavy atom. The number of guanidine groups is 1. The highest BCUT2D eigenvalue weighted by Gasteiger charge is 2.31. The van der Waals surface area contributed by atoms with E-state index in [0.717, 1.165) is 18.1 Å². The summed E-state index contributed by atoms with van der Waals surface area (Å²) in [7, 11) is 1.74. The van der Waals surface area contributed by atoms with Crippen LogP contribution in [0.25, 0.3) is 0 Å². The molecule has 1 aliphatic rings. The lowest BCUT2D eigenvalue weighted by Gasteiger charge is -2.19. The Hall–Kier alpha value is -2.10. The van der Waals surface area contributed by atoms with Crippen LogP contribution in [0.5, 0.6) is 0 Å². The van der Waals surface area contributed by atoms with Crippen molar-refractivity contribution in [2.45, 2.75) is 39.4 Å². The highest BCUT2D eigenvalue weighted by atomic mass is 127. The fraction of sp³-hybridized carbons (Fsp3) is 0.450. The molecule has 2 N–H and O–H groups in total. The number of rotatable bonds is 6. The van der Waals surface area contributed by atoms with Crippen LogP contribution in [-0.2, 0) is 17.9 Å². The maximum Gasteiger partial charge on any atom is 0.229 e. The van der Waals surface area contributed by atoms with Gasteiger partial charge in [0.25, 0.3) is 0 Å². The molecule has 1 unspecified atom stereocenters. The van der Waals surface area contributed by atoms with Gasteiger partial charge < -0.3 is 20.1 Å². The number of nitrogens with zero attached hydrogens (tertiary/aromatic N) is 4. The Balaban J connectivity index is 0.00000280. The first-order chi connectivity index (χ1) is 13.1. The molecule has 0 spiro atoms. The molecule has 8 heteroatoms. The average Bonchev–Trinajstić information content (AvgIpc) is 3.25. The number of hydrogen-bond acceptors (Lipinski definition) is 3. The predicted octanol–water partition coefficient (Wildman–Crippen LogP) is 2.63. The summed E-state index contributed by atoms with van der Waals surface area (Å²) in [4.78, 5) is 22.9. The molecule has 1 aliphatic heterocycles. The van der Waals surface area contributed by atoms with E-state index in [1.807, 2.05) is 47.6 Å². The van der Waals surface area contributed by atoms with E-state index in [4.69, 9.17) is 0 Å². The topological polar surface area (TPSA) is 74.5 Å². The minimum atomic E-state index is 0. The summed E-state index contributed by atoms with van der Waals surface area (Å²) in [6.07, 6.45) is 4.28. The second kappa shape index (κ2) is 10.4. The van der Waals surface area contributed by atoms with E-state index in [-0.39, 0.29) is 35.9 Å². The molecule has 0 aliphatic carbocycles. The van der Waals surface area contributed by atoms with E-state index in [9.17, 15) is 4.79 Å². The van der Waals surface area contributed by atoms with Crippen LogP contribution in [0.1, 0.15) is 26.1 Å². The van der Waals surface area contributed by atoms with Gasteiger partial charge in [-0.05, 0) is 18.1 Å². The standard InChI is InChI=1S/C20H28N6O.HI/c1-15(2)13-25-10-9-22-18(25)12-23-20(21-3)24-16-11-19(27)26(14-16)17-7-5-4-6-8-17;/h4-10,15-16H,11-14H2,1-3H3,(H2,21,23,24);1H. The third-order valence-corrected chi connectivity index (χ3v) is 4.53. The van der Waals surface area contributed by atoms with Crippen LogP contribution in [0.4, 0.5) is 5.69 Å². The molecule has 3 rings (SSSR count). The van der Waals surface area contributed by atoms with Gasteiger partial charge in [-0.15, -0.1) is 24.0 Å². The minimum Gasteiger partial charge on any atom is -0.351 e. The van der Waals surface area contributed by atoms with E-state index < -0.39 is 0 Å². The molecule has 28 heavy (non-hydrogen) atoms. The largest absolute Gasteiger partial charge is 0.351 e. The van der Waals surface area contributed by atoms with Gasteiger partial charge in [-0.3, -0.25) is 9.79 Å². The Bertz CT molecular complexity index is 789. The number of imidazole rings is 1. The SMILES string of the molecule is CN=C(NCc1nccn1CC(C)C)NC1CC(=O)N(c2ccccc2)C1.I. The number of halogens is 1. The van der Waals surface area contributed by atoms with Crippen LogP contribution in [0.15, 0.2) is 47.7 Å². The minimum absolute atomic E-state index is 0. The van der Waals surface area contributed by atoms with Crippen molar-refractivity contribution in [2.24, 2.45) is 10.9 Å². The van der Waals surface area contributed by atoms with E-state index in [0.29, 0.717) is 31.4 Å². The van der Waals surface area contributed by atoms with Gasteiger partial charge in [0.2, 0.25) is 5.91 Å². The quantitative estimate of drug-likeness (QED) is 0.367. The Morgan fingerprint density at radius 2 is 2.07 bits per heavy atom. The van der Waals surface area contributed by atoms with Crippen molar-refractivity contribution < 1.29 is 4.79 Å². The molecule has 1 atom stereocenters. The number of anilines is 1. The number of carbonyl (C=O) groups is 1. The summed E-state index contributed by atoms with van der Waals surface area (Å²) < 4.78 is 2.15. The lowest BCUT2D eigenvalue weighted by Crippen LogP contribution is -2.44. The summed E-state index contributed by atoms with van der Waals surface area (Å²) in [6, 6.07) is 9.80. The molecule has 2 aromatic rings. The van der Waals surface area contributed by atoms with Crippen LogP contribution in [-0.4, -0.2) is 41.1 Å². The Kier molecular flexibility index (Phi) is 8.28. The number of aromatic nitrogens is 2. The van der Waals surface area contributed by atoms with Crippen molar-refractivity contribution in [2.75, 3.05) is 18.5 Å². The van der Waals surface area contributed by atoms with Gasteiger partial charge in [0.1, 0.15) is 5.82 Å². The number of amides is 1. The summed E-state index contributed by atoms with van der Waals surface area (Å²) in [5.74, 6) is 2.34. The van der Waals surface area contributed by atoms with Crippen LogP contribution in [0, 0.1) is 5.92 Å². The second-order valence-electron chi connectivity index (χ2n) is 7.20. The fourth-order valence-corrected chi connectivity index (χ4v) is 3.28. The van der Waals surface area contributed by atoms with Gasteiger partial charge in [-0.25, -0.2) is 4.98 Å². The van der Waals surface area contributed by atoms with Crippen LogP contribution >= 0.6 is 24.0 Å². The van der Waals surface area contributed by atoms with Crippen molar-refractivity contribution in [3.63, 3.8) is 0 Å². The van der Waals surface area contributed by atoms with Crippen LogP contribution in [0.3, 0.4) is 0 Å². The van der Waals surface area contributed by atoms with Crippen molar-refractivity contribution in [3.8, 4) is 0 Å². The molecule has 1 aromatic heterocycles. The monoisotopic (exact) mass is 496 g/mol. The lowest BCUT2D eigenvalue weighted by molar-refractivity contribution is -0.117. The fourth-order valence-electron chi connectivity index (χ4n) is 3.28.